The Morgan fingerprint density at radius 2 is 2.20 bits per heavy atom. The normalized spacial score (nSPS) is 11.2. The van der Waals surface area contributed by atoms with Gasteiger partial charge in [-0.05, 0) is 33.6 Å². The molecule has 0 saturated heterocycles. The third kappa shape index (κ3) is 7.09. The summed E-state index contributed by atoms with van der Waals surface area (Å²) in [7, 11) is 0. The molecular weight excluding hydrogens is 371 g/mol. The quantitative estimate of drug-likeness (QED) is 0.303. The Morgan fingerprint density at radius 3 is 2.80 bits per heavy atom. The van der Waals surface area contributed by atoms with Gasteiger partial charge in [0, 0.05) is 31.9 Å². The minimum atomic E-state index is 0. The highest BCUT2D eigenvalue weighted by atomic mass is 127. The van der Waals surface area contributed by atoms with E-state index in [1.807, 2.05) is 20.8 Å². The fraction of sp³-hybridized carbons (Fsp3) is 0.692. The molecule has 0 aliphatic rings. The van der Waals surface area contributed by atoms with Gasteiger partial charge in [0.05, 0.1) is 5.69 Å². The van der Waals surface area contributed by atoms with Crippen LogP contribution in [0.3, 0.4) is 0 Å². The van der Waals surface area contributed by atoms with Crippen molar-refractivity contribution in [3.63, 3.8) is 0 Å². The van der Waals surface area contributed by atoms with E-state index in [0.29, 0.717) is 12.5 Å². The molecule has 1 rings (SSSR count). The second-order valence-electron chi connectivity index (χ2n) is 4.30. The van der Waals surface area contributed by atoms with Crippen LogP contribution in [0.4, 0.5) is 0 Å². The van der Waals surface area contributed by atoms with Gasteiger partial charge >= 0.3 is 0 Å². The molecule has 0 saturated carbocycles. The maximum absolute atomic E-state index is 5.76. The lowest BCUT2D eigenvalue weighted by molar-refractivity contribution is 0.146. The first kappa shape index (κ1) is 19.2. The molecule has 20 heavy (non-hydrogen) atoms. The standard InChI is InChI=1S/C13H24N4O2.HI/c1-4-18-9-5-7-15-13(14)16-8-6-12-10(2)17-19-11(12)3;/h4-9H2,1-3H3,(H3,14,15,16);1H. The smallest absolute Gasteiger partial charge is 0.188 e. The number of aryl methyl sites for hydroxylation is 2. The Labute approximate surface area is 137 Å². The van der Waals surface area contributed by atoms with E-state index in [-0.39, 0.29) is 24.0 Å². The monoisotopic (exact) mass is 396 g/mol. The van der Waals surface area contributed by atoms with Crippen molar-refractivity contribution in [2.24, 2.45) is 10.7 Å². The lowest BCUT2D eigenvalue weighted by atomic mass is 10.1. The minimum absolute atomic E-state index is 0. The average molecular weight is 396 g/mol. The van der Waals surface area contributed by atoms with E-state index >= 15 is 0 Å². The van der Waals surface area contributed by atoms with Crippen molar-refractivity contribution in [3.05, 3.63) is 17.0 Å². The first-order valence-electron chi connectivity index (χ1n) is 6.68. The molecule has 1 aromatic rings. The van der Waals surface area contributed by atoms with Crippen molar-refractivity contribution in [1.29, 1.82) is 0 Å². The predicted molar refractivity (Wildman–Crippen MR) is 90.7 cm³/mol. The zero-order chi connectivity index (χ0) is 14.1. The van der Waals surface area contributed by atoms with Crippen LogP contribution in [0.25, 0.3) is 0 Å². The second kappa shape index (κ2) is 10.9. The number of hydrogen-bond acceptors (Lipinski definition) is 4. The highest BCUT2D eigenvalue weighted by Crippen LogP contribution is 2.11. The van der Waals surface area contributed by atoms with Gasteiger partial charge in [0.15, 0.2) is 5.96 Å². The van der Waals surface area contributed by atoms with Crippen LogP contribution in [0.15, 0.2) is 9.52 Å². The number of nitrogens with zero attached hydrogens (tertiary/aromatic N) is 2. The summed E-state index contributed by atoms with van der Waals surface area (Å²) in [5, 5.41) is 7.00. The summed E-state index contributed by atoms with van der Waals surface area (Å²) in [6.45, 7) is 8.72. The average Bonchev–Trinajstić information content (AvgIpc) is 2.70. The van der Waals surface area contributed by atoms with Crippen LogP contribution in [-0.2, 0) is 11.2 Å². The summed E-state index contributed by atoms with van der Waals surface area (Å²) in [6.07, 6.45) is 1.72. The van der Waals surface area contributed by atoms with Gasteiger partial charge < -0.3 is 20.3 Å². The molecule has 116 valence electrons. The zero-order valence-electron chi connectivity index (χ0n) is 12.4. The highest BCUT2D eigenvalue weighted by molar-refractivity contribution is 14.0. The third-order valence-electron chi connectivity index (χ3n) is 2.80. The van der Waals surface area contributed by atoms with E-state index in [0.717, 1.165) is 49.6 Å². The Kier molecular flexibility index (Phi) is 10.4. The fourth-order valence-electron chi connectivity index (χ4n) is 1.74. The van der Waals surface area contributed by atoms with Gasteiger partial charge in [0.2, 0.25) is 0 Å². The molecule has 6 nitrogen and oxygen atoms in total. The van der Waals surface area contributed by atoms with Gasteiger partial charge in [0.25, 0.3) is 0 Å². The molecule has 3 N–H and O–H groups in total. The number of aliphatic imine (C=N–C) groups is 1. The van der Waals surface area contributed by atoms with Gasteiger partial charge in [-0.15, -0.1) is 24.0 Å². The number of rotatable bonds is 8. The van der Waals surface area contributed by atoms with E-state index in [1.165, 1.54) is 0 Å². The van der Waals surface area contributed by atoms with E-state index < -0.39 is 0 Å². The molecule has 0 bridgehead atoms. The van der Waals surface area contributed by atoms with Crippen molar-refractivity contribution in [2.45, 2.75) is 33.6 Å². The summed E-state index contributed by atoms with van der Waals surface area (Å²) in [6, 6.07) is 0. The maximum atomic E-state index is 5.76. The lowest BCUT2D eigenvalue weighted by Gasteiger charge is -2.05. The van der Waals surface area contributed by atoms with Crippen LogP contribution < -0.4 is 11.1 Å². The molecule has 7 heteroatoms. The van der Waals surface area contributed by atoms with Crippen molar-refractivity contribution >= 4 is 29.9 Å². The van der Waals surface area contributed by atoms with Crippen LogP contribution >= 0.6 is 24.0 Å². The molecule has 1 heterocycles. The maximum Gasteiger partial charge on any atom is 0.188 e. The molecule has 0 radical (unpaired) electrons. The summed E-state index contributed by atoms with van der Waals surface area (Å²) in [4.78, 5) is 4.22. The molecule has 0 aliphatic carbocycles. The summed E-state index contributed by atoms with van der Waals surface area (Å²) >= 11 is 0. The van der Waals surface area contributed by atoms with Crippen LogP contribution in [0, 0.1) is 13.8 Å². The minimum Gasteiger partial charge on any atom is -0.382 e. The summed E-state index contributed by atoms with van der Waals surface area (Å²) in [5.74, 6) is 1.34. The molecule has 0 unspecified atom stereocenters. The predicted octanol–water partition coefficient (Wildman–Crippen LogP) is 1.78. The molecule has 0 fully saturated rings. The number of nitrogens with two attached hydrogens (primary N) is 1. The Bertz CT molecular complexity index is 388. The van der Waals surface area contributed by atoms with Crippen LogP contribution in [-0.4, -0.2) is 37.4 Å². The number of hydrogen-bond donors (Lipinski definition) is 2. The number of halogens is 1. The molecular formula is C13H25IN4O2. The molecule has 1 aromatic heterocycles. The van der Waals surface area contributed by atoms with Crippen molar-refractivity contribution in [3.8, 4) is 0 Å². The summed E-state index contributed by atoms with van der Waals surface area (Å²) in [5.41, 5.74) is 7.84. The summed E-state index contributed by atoms with van der Waals surface area (Å²) < 4.78 is 10.3. The lowest BCUT2D eigenvalue weighted by Crippen LogP contribution is -2.33. The first-order chi connectivity index (χ1) is 9.15. The van der Waals surface area contributed by atoms with Gasteiger partial charge in [-0.25, -0.2) is 0 Å². The second-order valence-corrected chi connectivity index (χ2v) is 4.30. The first-order valence-corrected chi connectivity index (χ1v) is 6.68. The number of ether oxygens (including phenoxy) is 1. The van der Waals surface area contributed by atoms with E-state index in [4.69, 9.17) is 15.0 Å². The molecule has 0 aliphatic heterocycles. The number of nitrogens with one attached hydrogen (secondary N) is 1. The number of aromatic nitrogens is 1. The topological polar surface area (TPSA) is 85.7 Å². The molecule has 0 aromatic carbocycles. The van der Waals surface area contributed by atoms with Gasteiger partial charge in [0.1, 0.15) is 5.76 Å². The third-order valence-corrected chi connectivity index (χ3v) is 2.80. The SMILES string of the molecule is CCOCCCN=C(N)NCCc1c(C)noc1C.I. The van der Waals surface area contributed by atoms with Gasteiger partial charge in [-0.1, -0.05) is 5.16 Å². The molecule has 0 atom stereocenters. The largest absolute Gasteiger partial charge is 0.382 e. The molecule has 0 amide bonds. The van der Waals surface area contributed by atoms with Crippen molar-refractivity contribution in [1.82, 2.24) is 10.5 Å². The zero-order valence-corrected chi connectivity index (χ0v) is 14.8. The van der Waals surface area contributed by atoms with Gasteiger partial charge in [-0.3, -0.25) is 4.99 Å². The van der Waals surface area contributed by atoms with Crippen LogP contribution in [0.5, 0.6) is 0 Å². The van der Waals surface area contributed by atoms with E-state index in [9.17, 15) is 0 Å². The Morgan fingerprint density at radius 1 is 1.45 bits per heavy atom. The van der Waals surface area contributed by atoms with Crippen molar-refractivity contribution < 1.29 is 9.26 Å². The van der Waals surface area contributed by atoms with Crippen molar-refractivity contribution in [2.75, 3.05) is 26.3 Å². The van der Waals surface area contributed by atoms with E-state index in [2.05, 4.69) is 15.5 Å². The highest BCUT2D eigenvalue weighted by Gasteiger charge is 2.07. The Hall–Kier alpha value is -0.830. The molecule has 0 spiro atoms. The number of guanidine groups is 1. The van der Waals surface area contributed by atoms with Crippen LogP contribution in [0.2, 0.25) is 0 Å². The fourth-order valence-corrected chi connectivity index (χ4v) is 1.74. The van der Waals surface area contributed by atoms with Gasteiger partial charge in [-0.2, -0.15) is 0 Å². The van der Waals surface area contributed by atoms with Crippen LogP contribution in [0.1, 0.15) is 30.4 Å². The van der Waals surface area contributed by atoms with E-state index in [1.54, 1.807) is 0 Å². The Balaban J connectivity index is 0.00000361.